The fourth-order valence-electron chi connectivity index (χ4n) is 2.13. The van der Waals surface area contributed by atoms with Gasteiger partial charge in [-0.25, -0.2) is 0 Å². The van der Waals surface area contributed by atoms with Gasteiger partial charge >= 0.3 is 0 Å². The molecule has 0 saturated carbocycles. The first kappa shape index (κ1) is 11.7. The number of aryl methyl sites for hydroxylation is 1. The summed E-state index contributed by atoms with van der Waals surface area (Å²) in [6.45, 7) is 3.81. The fourth-order valence-corrected chi connectivity index (χ4v) is 2.40. The molecule has 1 heterocycles. The molecule has 0 atom stereocenters. The van der Waals surface area contributed by atoms with Crippen LogP contribution in [0.5, 0.6) is 5.75 Å². The molecule has 1 aliphatic rings. The molecule has 0 bridgehead atoms. The van der Waals surface area contributed by atoms with Crippen LogP contribution in [0.15, 0.2) is 12.1 Å². The molecule has 1 fully saturated rings. The molecule has 16 heavy (non-hydrogen) atoms. The number of methoxy groups -OCH3 is 1. The lowest BCUT2D eigenvalue weighted by Crippen LogP contribution is -2.52. The standard InChI is InChI=1S/C12H16ClNO2/c1-8-3-9(13)4-10(11(8)15-2)12(5-14)6-16-7-12/h3-4H,5-7,14H2,1-2H3. The topological polar surface area (TPSA) is 44.5 Å². The molecule has 0 aliphatic carbocycles. The van der Waals surface area contributed by atoms with E-state index in [2.05, 4.69) is 0 Å². The lowest BCUT2D eigenvalue weighted by atomic mass is 9.77. The van der Waals surface area contributed by atoms with E-state index in [1.54, 1.807) is 7.11 Å². The van der Waals surface area contributed by atoms with Gasteiger partial charge < -0.3 is 15.2 Å². The van der Waals surface area contributed by atoms with Crippen LogP contribution in [0.25, 0.3) is 0 Å². The minimum absolute atomic E-state index is 0.124. The van der Waals surface area contributed by atoms with Gasteiger partial charge in [-0.05, 0) is 24.6 Å². The van der Waals surface area contributed by atoms with E-state index >= 15 is 0 Å². The third-order valence-corrected chi connectivity index (χ3v) is 3.38. The molecule has 0 aromatic heterocycles. The van der Waals surface area contributed by atoms with Crippen LogP contribution in [0.3, 0.4) is 0 Å². The van der Waals surface area contributed by atoms with Crippen molar-refractivity contribution in [3.05, 3.63) is 28.3 Å². The number of ether oxygens (including phenoxy) is 2. The van der Waals surface area contributed by atoms with Crippen LogP contribution in [0.1, 0.15) is 11.1 Å². The summed E-state index contributed by atoms with van der Waals surface area (Å²) in [7, 11) is 1.67. The van der Waals surface area contributed by atoms with E-state index in [0.29, 0.717) is 24.8 Å². The monoisotopic (exact) mass is 241 g/mol. The van der Waals surface area contributed by atoms with Gasteiger partial charge in [0.05, 0.1) is 25.7 Å². The van der Waals surface area contributed by atoms with E-state index in [-0.39, 0.29) is 5.41 Å². The highest BCUT2D eigenvalue weighted by atomic mass is 35.5. The predicted molar refractivity (Wildman–Crippen MR) is 64.3 cm³/mol. The molecule has 0 amide bonds. The minimum atomic E-state index is -0.124. The van der Waals surface area contributed by atoms with Gasteiger partial charge in [-0.1, -0.05) is 11.6 Å². The van der Waals surface area contributed by atoms with Gasteiger partial charge in [0.2, 0.25) is 0 Å². The lowest BCUT2D eigenvalue weighted by molar-refractivity contribution is -0.0559. The van der Waals surface area contributed by atoms with Crippen LogP contribution in [-0.2, 0) is 10.2 Å². The van der Waals surface area contributed by atoms with E-state index < -0.39 is 0 Å². The highest BCUT2D eigenvalue weighted by Gasteiger charge is 2.41. The number of hydrogen-bond acceptors (Lipinski definition) is 3. The molecule has 0 unspecified atom stereocenters. The fraction of sp³-hybridized carbons (Fsp3) is 0.500. The maximum absolute atomic E-state index is 6.09. The molecular formula is C12H16ClNO2. The van der Waals surface area contributed by atoms with Crippen molar-refractivity contribution in [2.24, 2.45) is 5.73 Å². The van der Waals surface area contributed by atoms with Crippen LogP contribution in [0, 0.1) is 6.92 Å². The van der Waals surface area contributed by atoms with Crippen molar-refractivity contribution in [2.75, 3.05) is 26.9 Å². The molecule has 0 spiro atoms. The number of halogens is 1. The summed E-state index contributed by atoms with van der Waals surface area (Å²) in [5.74, 6) is 0.873. The number of hydrogen-bond donors (Lipinski definition) is 1. The Kier molecular flexibility index (Phi) is 3.10. The van der Waals surface area contributed by atoms with E-state index in [1.807, 2.05) is 19.1 Å². The third-order valence-electron chi connectivity index (χ3n) is 3.16. The van der Waals surface area contributed by atoms with E-state index in [4.69, 9.17) is 26.8 Å². The van der Waals surface area contributed by atoms with Crippen molar-refractivity contribution in [1.29, 1.82) is 0 Å². The second-order valence-electron chi connectivity index (χ2n) is 4.28. The van der Waals surface area contributed by atoms with Crippen molar-refractivity contribution >= 4 is 11.6 Å². The Bertz CT molecular complexity index is 397. The van der Waals surface area contributed by atoms with Crippen LogP contribution in [0.4, 0.5) is 0 Å². The van der Waals surface area contributed by atoms with Crippen molar-refractivity contribution in [1.82, 2.24) is 0 Å². The van der Waals surface area contributed by atoms with Crippen molar-refractivity contribution in [2.45, 2.75) is 12.3 Å². The summed E-state index contributed by atoms with van der Waals surface area (Å²) in [6, 6.07) is 3.83. The highest BCUT2D eigenvalue weighted by molar-refractivity contribution is 6.30. The van der Waals surface area contributed by atoms with Gasteiger partial charge in [-0.2, -0.15) is 0 Å². The van der Waals surface area contributed by atoms with Gasteiger partial charge in [0.15, 0.2) is 0 Å². The maximum Gasteiger partial charge on any atom is 0.125 e. The van der Waals surface area contributed by atoms with Crippen LogP contribution in [0.2, 0.25) is 5.02 Å². The van der Waals surface area contributed by atoms with Crippen LogP contribution in [-0.4, -0.2) is 26.9 Å². The summed E-state index contributed by atoms with van der Waals surface area (Å²) in [5, 5.41) is 0.716. The summed E-state index contributed by atoms with van der Waals surface area (Å²) in [6.07, 6.45) is 0. The average molecular weight is 242 g/mol. The Balaban J connectivity index is 2.53. The molecular weight excluding hydrogens is 226 g/mol. The smallest absolute Gasteiger partial charge is 0.125 e. The number of rotatable bonds is 3. The Morgan fingerprint density at radius 1 is 1.50 bits per heavy atom. The Hall–Kier alpha value is -0.770. The van der Waals surface area contributed by atoms with Gasteiger partial charge in [-0.15, -0.1) is 0 Å². The summed E-state index contributed by atoms with van der Waals surface area (Å²) in [4.78, 5) is 0. The van der Waals surface area contributed by atoms with E-state index in [1.165, 1.54) is 0 Å². The first-order chi connectivity index (χ1) is 7.63. The van der Waals surface area contributed by atoms with E-state index in [9.17, 15) is 0 Å². The molecule has 1 aromatic carbocycles. The molecule has 0 radical (unpaired) electrons. The Labute approximate surface area is 100 Å². The molecule has 1 aliphatic heterocycles. The zero-order chi connectivity index (χ0) is 11.8. The SMILES string of the molecule is COc1c(C)cc(Cl)cc1C1(CN)COC1. The Morgan fingerprint density at radius 2 is 2.19 bits per heavy atom. The highest BCUT2D eigenvalue weighted by Crippen LogP contribution is 2.40. The molecule has 3 nitrogen and oxygen atoms in total. The number of nitrogens with two attached hydrogens (primary N) is 1. The van der Waals surface area contributed by atoms with Crippen LogP contribution >= 0.6 is 11.6 Å². The largest absolute Gasteiger partial charge is 0.496 e. The molecule has 88 valence electrons. The second-order valence-corrected chi connectivity index (χ2v) is 4.72. The first-order valence-corrected chi connectivity index (χ1v) is 5.63. The zero-order valence-corrected chi connectivity index (χ0v) is 10.3. The molecule has 2 N–H and O–H groups in total. The van der Waals surface area contributed by atoms with Crippen molar-refractivity contribution in [3.63, 3.8) is 0 Å². The summed E-state index contributed by atoms with van der Waals surface area (Å²) >= 11 is 6.09. The molecule has 4 heteroatoms. The molecule has 1 aromatic rings. The zero-order valence-electron chi connectivity index (χ0n) is 9.55. The minimum Gasteiger partial charge on any atom is -0.496 e. The molecule has 2 rings (SSSR count). The third kappa shape index (κ3) is 1.69. The Morgan fingerprint density at radius 3 is 2.62 bits per heavy atom. The first-order valence-electron chi connectivity index (χ1n) is 5.25. The van der Waals surface area contributed by atoms with Crippen LogP contribution < -0.4 is 10.5 Å². The second kappa shape index (κ2) is 4.24. The van der Waals surface area contributed by atoms with Gasteiger partial charge in [0.25, 0.3) is 0 Å². The quantitative estimate of drug-likeness (QED) is 0.879. The van der Waals surface area contributed by atoms with E-state index in [0.717, 1.165) is 16.9 Å². The summed E-state index contributed by atoms with van der Waals surface area (Å²) < 4.78 is 10.7. The van der Waals surface area contributed by atoms with Crippen molar-refractivity contribution < 1.29 is 9.47 Å². The van der Waals surface area contributed by atoms with Gasteiger partial charge in [0, 0.05) is 17.1 Å². The van der Waals surface area contributed by atoms with Gasteiger partial charge in [-0.3, -0.25) is 0 Å². The number of benzene rings is 1. The van der Waals surface area contributed by atoms with Crippen molar-refractivity contribution in [3.8, 4) is 5.75 Å². The average Bonchev–Trinajstić information content (AvgIpc) is 2.16. The lowest BCUT2D eigenvalue weighted by Gasteiger charge is -2.41. The molecule has 1 saturated heterocycles. The summed E-state index contributed by atoms with van der Waals surface area (Å²) in [5.41, 5.74) is 7.82. The normalized spacial score (nSPS) is 18.0. The predicted octanol–water partition coefficient (Wildman–Crippen LogP) is 1.88. The van der Waals surface area contributed by atoms with Gasteiger partial charge in [0.1, 0.15) is 5.75 Å². The maximum atomic E-state index is 6.09.